The lowest BCUT2D eigenvalue weighted by Gasteiger charge is -2.15. The van der Waals surface area contributed by atoms with Gasteiger partial charge >= 0.3 is 5.97 Å². The molecule has 0 saturated heterocycles. The van der Waals surface area contributed by atoms with Crippen molar-refractivity contribution in [1.82, 2.24) is 0 Å². The van der Waals surface area contributed by atoms with E-state index in [9.17, 15) is 20.0 Å². The fourth-order valence-corrected chi connectivity index (χ4v) is 1.25. The summed E-state index contributed by atoms with van der Waals surface area (Å²) in [7, 11) is 0. The zero-order valence-electron chi connectivity index (χ0n) is 8.48. The molecule has 8 heteroatoms. The van der Waals surface area contributed by atoms with Gasteiger partial charge in [-0.3, -0.25) is 10.1 Å². The monoisotopic (exact) mass is 242 g/mol. The molecule has 0 spiro atoms. The molecule has 17 heavy (non-hydrogen) atoms. The van der Waals surface area contributed by atoms with Gasteiger partial charge in [-0.1, -0.05) is 0 Å². The number of hydrogen-bond donors (Lipinski definition) is 4. The highest BCUT2D eigenvalue weighted by molar-refractivity contribution is 5.73. The Morgan fingerprint density at radius 3 is 2.41 bits per heavy atom. The number of carboxylic acid groups (broad SMARTS) is 1. The number of non-ortho nitro benzene ring substituents is 1. The van der Waals surface area contributed by atoms with Crippen LogP contribution in [0, 0.1) is 10.1 Å². The van der Waals surface area contributed by atoms with Gasteiger partial charge < -0.3 is 21.1 Å². The van der Waals surface area contributed by atoms with Gasteiger partial charge in [0.2, 0.25) is 0 Å². The van der Waals surface area contributed by atoms with Crippen LogP contribution >= 0.6 is 0 Å². The molecule has 0 radical (unpaired) electrons. The lowest BCUT2D eigenvalue weighted by molar-refractivity contribution is -0.384. The third-order valence-electron chi connectivity index (χ3n) is 2.15. The molecule has 5 N–H and O–H groups in total. The van der Waals surface area contributed by atoms with Gasteiger partial charge in [-0.2, -0.15) is 0 Å². The molecule has 8 nitrogen and oxygen atoms in total. The Bertz CT molecular complexity index is 461. The first-order valence-corrected chi connectivity index (χ1v) is 4.47. The number of nitro groups is 1. The largest absolute Gasteiger partial charge is 0.479 e. The normalized spacial score (nSPS) is 14.0. The minimum atomic E-state index is -2.04. The zero-order chi connectivity index (χ0) is 13.2. The number of nitrogens with two attached hydrogens (primary N) is 1. The van der Waals surface area contributed by atoms with Crippen LogP contribution in [0.25, 0.3) is 0 Å². The first kappa shape index (κ1) is 12.9. The number of aliphatic hydroxyl groups is 2. The summed E-state index contributed by atoms with van der Waals surface area (Å²) < 4.78 is 0. The van der Waals surface area contributed by atoms with Crippen LogP contribution in [0.1, 0.15) is 11.7 Å². The Morgan fingerprint density at radius 2 is 2.00 bits per heavy atom. The Morgan fingerprint density at radius 1 is 1.41 bits per heavy atom. The fraction of sp³-hybridized carbons (Fsp3) is 0.222. The summed E-state index contributed by atoms with van der Waals surface area (Å²) in [5, 5.41) is 37.5. The third kappa shape index (κ3) is 2.68. The van der Waals surface area contributed by atoms with E-state index in [2.05, 4.69) is 0 Å². The molecule has 0 heterocycles. The summed E-state index contributed by atoms with van der Waals surface area (Å²) in [6.07, 6.45) is -3.79. The van der Waals surface area contributed by atoms with E-state index in [0.29, 0.717) is 0 Å². The predicted molar refractivity (Wildman–Crippen MR) is 56.1 cm³/mol. The molecular formula is C9H10N2O6. The van der Waals surface area contributed by atoms with E-state index < -0.39 is 23.1 Å². The summed E-state index contributed by atoms with van der Waals surface area (Å²) in [4.78, 5) is 20.2. The van der Waals surface area contributed by atoms with Crippen molar-refractivity contribution in [1.29, 1.82) is 0 Å². The number of hydrogen-bond acceptors (Lipinski definition) is 6. The minimum Gasteiger partial charge on any atom is -0.479 e. The van der Waals surface area contributed by atoms with E-state index in [0.717, 1.165) is 18.2 Å². The van der Waals surface area contributed by atoms with Crippen molar-refractivity contribution in [2.24, 2.45) is 0 Å². The third-order valence-corrected chi connectivity index (χ3v) is 2.15. The summed E-state index contributed by atoms with van der Waals surface area (Å²) in [6.45, 7) is 0. The number of rotatable bonds is 4. The quantitative estimate of drug-likeness (QED) is 0.320. The molecule has 92 valence electrons. The van der Waals surface area contributed by atoms with Gasteiger partial charge in [0.1, 0.15) is 6.10 Å². The highest BCUT2D eigenvalue weighted by Gasteiger charge is 2.27. The lowest BCUT2D eigenvalue weighted by Crippen LogP contribution is -2.28. The highest BCUT2D eigenvalue weighted by atomic mass is 16.6. The van der Waals surface area contributed by atoms with Crippen LogP contribution in [0.4, 0.5) is 11.4 Å². The second-order valence-electron chi connectivity index (χ2n) is 3.30. The first-order chi connectivity index (χ1) is 7.84. The average molecular weight is 242 g/mol. The van der Waals surface area contributed by atoms with Crippen molar-refractivity contribution in [2.75, 3.05) is 5.73 Å². The molecule has 0 saturated carbocycles. The fourth-order valence-electron chi connectivity index (χ4n) is 1.25. The van der Waals surface area contributed by atoms with Gasteiger partial charge in [0.25, 0.3) is 5.69 Å². The van der Waals surface area contributed by atoms with Crippen molar-refractivity contribution >= 4 is 17.3 Å². The SMILES string of the molecule is Nc1cc([N+](=O)[O-])ccc1C(O)C(O)C(=O)O. The molecule has 1 aromatic rings. The molecule has 0 aliphatic heterocycles. The Labute approximate surface area is 95.1 Å². The molecule has 0 aliphatic rings. The van der Waals surface area contributed by atoms with Gasteiger partial charge in [0.15, 0.2) is 6.10 Å². The zero-order valence-corrected chi connectivity index (χ0v) is 8.48. The second-order valence-corrected chi connectivity index (χ2v) is 3.30. The number of aliphatic hydroxyl groups excluding tert-OH is 2. The summed E-state index contributed by atoms with van der Waals surface area (Å²) in [6, 6.07) is 3.14. The number of nitro benzene ring substituents is 1. The van der Waals surface area contributed by atoms with Crippen LogP contribution in [-0.4, -0.2) is 32.3 Å². The molecule has 0 bridgehead atoms. The van der Waals surface area contributed by atoms with Crippen LogP contribution < -0.4 is 5.73 Å². The van der Waals surface area contributed by atoms with Gasteiger partial charge in [-0.15, -0.1) is 0 Å². The van der Waals surface area contributed by atoms with E-state index in [1.807, 2.05) is 0 Å². The maximum atomic E-state index is 10.4. The van der Waals surface area contributed by atoms with Crippen LogP contribution in [0.15, 0.2) is 18.2 Å². The van der Waals surface area contributed by atoms with Gasteiger partial charge in [-0.05, 0) is 6.07 Å². The maximum Gasteiger partial charge on any atom is 0.335 e. The van der Waals surface area contributed by atoms with Crippen LogP contribution in [-0.2, 0) is 4.79 Å². The van der Waals surface area contributed by atoms with Crippen LogP contribution in [0.2, 0.25) is 0 Å². The molecule has 1 aromatic carbocycles. The minimum absolute atomic E-state index is 0.0782. The van der Waals surface area contributed by atoms with Crippen molar-refractivity contribution in [2.45, 2.75) is 12.2 Å². The van der Waals surface area contributed by atoms with Gasteiger partial charge in [0, 0.05) is 23.4 Å². The number of anilines is 1. The Kier molecular flexibility index (Phi) is 3.61. The van der Waals surface area contributed by atoms with Gasteiger partial charge in [0.05, 0.1) is 4.92 Å². The summed E-state index contributed by atoms with van der Waals surface area (Å²) in [5.41, 5.74) is 4.90. The summed E-state index contributed by atoms with van der Waals surface area (Å²) in [5.74, 6) is -1.62. The maximum absolute atomic E-state index is 10.4. The van der Waals surface area contributed by atoms with E-state index in [1.54, 1.807) is 0 Å². The standard InChI is InChI=1S/C9H10N2O6/c10-6-3-4(11(16)17)1-2-5(6)7(12)8(13)9(14)15/h1-3,7-8,12-13H,10H2,(H,14,15). The Hall–Kier alpha value is -2.19. The topological polar surface area (TPSA) is 147 Å². The summed E-state index contributed by atoms with van der Waals surface area (Å²) >= 11 is 0. The lowest BCUT2D eigenvalue weighted by atomic mass is 10.0. The van der Waals surface area contributed by atoms with Crippen molar-refractivity contribution in [3.63, 3.8) is 0 Å². The molecule has 0 amide bonds. The average Bonchev–Trinajstić information content (AvgIpc) is 2.26. The van der Waals surface area contributed by atoms with E-state index in [1.165, 1.54) is 0 Å². The smallest absolute Gasteiger partial charge is 0.335 e. The molecule has 2 unspecified atom stereocenters. The number of nitrogen functional groups attached to an aromatic ring is 1. The molecule has 2 atom stereocenters. The number of benzene rings is 1. The molecular weight excluding hydrogens is 232 g/mol. The number of carbonyl (C=O) groups is 1. The second kappa shape index (κ2) is 4.76. The molecule has 0 fully saturated rings. The van der Waals surface area contributed by atoms with E-state index >= 15 is 0 Å². The van der Waals surface area contributed by atoms with Crippen molar-refractivity contribution in [3.05, 3.63) is 33.9 Å². The molecule has 0 aliphatic carbocycles. The number of nitrogens with zero attached hydrogens (tertiary/aromatic N) is 1. The van der Waals surface area contributed by atoms with E-state index in [4.69, 9.17) is 15.9 Å². The van der Waals surface area contributed by atoms with Crippen molar-refractivity contribution in [3.8, 4) is 0 Å². The molecule has 1 rings (SSSR count). The van der Waals surface area contributed by atoms with E-state index in [-0.39, 0.29) is 16.9 Å². The van der Waals surface area contributed by atoms with Crippen LogP contribution in [0.5, 0.6) is 0 Å². The van der Waals surface area contributed by atoms with Crippen LogP contribution in [0.3, 0.4) is 0 Å². The van der Waals surface area contributed by atoms with Crippen molar-refractivity contribution < 1.29 is 25.0 Å². The number of carboxylic acids is 1. The number of aliphatic carboxylic acids is 1. The van der Waals surface area contributed by atoms with Gasteiger partial charge in [-0.25, -0.2) is 4.79 Å². The first-order valence-electron chi connectivity index (χ1n) is 4.47. The molecule has 0 aromatic heterocycles. The predicted octanol–water partition coefficient (Wildman–Crippen LogP) is -0.344. The highest BCUT2D eigenvalue weighted by Crippen LogP contribution is 2.27. The Balaban J connectivity index is 3.08.